The average molecular weight is 558 g/mol. The summed E-state index contributed by atoms with van der Waals surface area (Å²) in [5.74, 6) is 0. The van der Waals surface area contributed by atoms with Gasteiger partial charge in [-0.3, -0.25) is 9.98 Å². The molecule has 0 radical (unpaired) electrons. The topological polar surface area (TPSA) is 25.2 Å². The predicted molar refractivity (Wildman–Crippen MR) is 167 cm³/mol. The van der Waals surface area contributed by atoms with E-state index in [1.54, 1.807) is 6.20 Å². The number of aromatic nitrogens is 1. The minimum absolute atomic E-state index is 1.02. The summed E-state index contributed by atoms with van der Waals surface area (Å²) in [4.78, 5) is 8.55. The van der Waals surface area contributed by atoms with E-state index < -0.39 is 0 Å². The van der Waals surface area contributed by atoms with Gasteiger partial charge in [0.05, 0.1) is 0 Å². The number of hydrogen-bond acceptors (Lipinski definition) is 2. The third kappa shape index (κ3) is 5.90. The van der Waals surface area contributed by atoms with Crippen molar-refractivity contribution in [2.75, 3.05) is 0 Å². The van der Waals surface area contributed by atoms with Crippen LogP contribution in [0.3, 0.4) is 0 Å². The summed E-state index contributed by atoms with van der Waals surface area (Å²) in [5.41, 5.74) is 11.8. The number of hydrogen-bond donors (Lipinski definition) is 0. The van der Waals surface area contributed by atoms with E-state index in [0.717, 1.165) is 39.6 Å². The summed E-state index contributed by atoms with van der Waals surface area (Å²) in [7, 11) is 0. The Bertz CT molecular complexity index is 1590. The maximum atomic E-state index is 4.31. The van der Waals surface area contributed by atoms with Gasteiger partial charge in [-0.15, -0.1) is 0 Å². The van der Waals surface area contributed by atoms with Crippen molar-refractivity contribution in [3.63, 3.8) is 0 Å². The number of rotatable bonds is 7. The van der Waals surface area contributed by atoms with E-state index in [2.05, 4.69) is 124 Å². The number of benzene rings is 3. The number of aliphatic imine (C=N–C) groups is 1. The summed E-state index contributed by atoms with van der Waals surface area (Å²) in [5, 5.41) is 0. The van der Waals surface area contributed by atoms with Crippen LogP contribution in [0.15, 0.2) is 132 Å². The molecule has 0 unspecified atom stereocenters. The molecule has 3 aromatic carbocycles. The molecule has 1 aliphatic rings. The lowest BCUT2D eigenvalue weighted by Gasteiger charge is -2.16. The van der Waals surface area contributed by atoms with Gasteiger partial charge in [-0.2, -0.15) is 0 Å². The Balaban J connectivity index is 1.64. The minimum Gasteiger partial charge on any atom is -0.265 e. The van der Waals surface area contributed by atoms with Crippen LogP contribution in [0.1, 0.15) is 30.9 Å². The third-order valence-corrected chi connectivity index (χ3v) is 7.27. The predicted octanol–water partition coefficient (Wildman–Crippen LogP) is 10.2. The second-order valence-electron chi connectivity index (χ2n) is 9.20. The van der Waals surface area contributed by atoms with Gasteiger partial charge in [-0.1, -0.05) is 77.1 Å². The normalized spacial score (nSPS) is 13.8. The molecule has 0 saturated carbocycles. The van der Waals surface area contributed by atoms with E-state index in [-0.39, 0.29) is 0 Å². The van der Waals surface area contributed by atoms with Crippen LogP contribution in [-0.2, 0) is 0 Å². The van der Waals surface area contributed by atoms with Crippen LogP contribution >= 0.6 is 15.9 Å². The molecule has 0 N–H and O–H groups in total. The van der Waals surface area contributed by atoms with Gasteiger partial charge >= 0.3 is 0 Å². The molecular weight excluding hydrogens is 528 g/mol. The SMILES string of the molecule is C=CN=C/C(=C\C)c1cccc(-c2cc(C3=CC(Br)=CCC3)cc(-c3cccc(-c4cccnc4)c3)c2)c1. The van der Waals surface area contributed by atoms with Crippen LogP contribution in [0.4, 0.5) is 0 Å². The van der Waals surface area contributed by atoms with Gasteiger partial charge in [-0.25, -0.2) is 0 Å². The summed E-state index contributed by atoms with van der Waals surface area (Å²) in [6.07, 6.45) is 15.8. The molecule has 5 rings (SSSR count). The first kappa shape index (κ1) is 25.6. The van der Waals surface area contributed by atoms with Gasteiger partial charge in [0.15, 0.2) is 0 Å². The number of pyridine rings is 1. The van der Waals surface area contributed by atoms with Gasteiger partial charge in [-0.05, 0) is 112 Å². The fraction of sp³-hybridized carbons (Fsp3) is 0.0857. The molecule has 1 aliphatic carbocycles. The Hall–Kier alpha value is -4.08. The maximum Gasteiger partial charge on any atom is 0.0346 e. The lowest BCUT2D eigenvalue weighted by molar-refractivity contribution is 1.05. The molecule has 0 spiro atoms. The van der Waals surface area contributed by atoms with Crippen molar-refractivity contribution in [3.8, 4) is 33.4 Å². The quantitative estimate of drug-likeness (QED) is 0.208. The summed E-state index contributed by atoms with van der Waals surface area (Å²) in [6, 6.07) is 28.4. The van der Waals surface area contributed by atoms with Crippen molar-refractivity contribution in [1.29, 1.82) is 0 Å². The van der Waals surface area contributed by atoms with E-state index in [1.165, 1.54) is 33.4 Å². The largest absolute Gasteiger partial charge is 0.265 e. The van der Waals surface area contributed by atoms with Crippen molar-refractivity contribution < 1.29 is 0 Å². The van der Waals surface area contributed by atoms with Gasteiger partial charge in [0.2, 0.25) is 0 Å². The highest BCUT2D eigenvalue weighted by Gasteiger charge is 2.13. The van der Waals surface area contributed by atoms with E-state index in [4.69, 9.17) is 0 Å². The maximum absolute atomic E-state index is 4.31. The zero-order valence-electron chi connectivity index (χ0n) is 21.4. The monoisotopic (exact) mass is 556 g/mol. The molecule has 1 heterocycles. The van der Waals surface area contributed by atoms with Crippen molar-refractivity contribution in [1.82, 2.24) is 4.98 Å². The summed E-state index contributed by atoms with van der Waals surface area (Å²) >= 11 is 3.70. The lowest BCUT2D eigenvalue weighted by Crippen LogP contribution is -1.93. The van der Waals surface area contributed by atoms with E-state index >= 15 is 0 Å². The molecule has 0 atom stereocenters. The highest BCUT2D eigenvalue weighted by atomic mass is 79.9. The smallest absolute Gasteiger partial charge is 0.0346 e. The Kier molecular flexibility index (Phi) is 8.06. The Labute approximate surface area is 233 Å². The second-order valence-corrected chi connectivity index (χ2v) is 10.1. The molecule has 3 heteroatoms. The van der Waals surface area contributed by atoms with Crippen LogP contribution in [0.2, 0.25) is 0 Å². The summed E-state index contributed by atoms with van der Waals surface area (Å²) in [6.45, 7) is 5.74. The summed E-state index contributed by atoms with van der Waals surface area (Å²) < 4.78 is 1.14. The van der Waals surface area contributed by atoms with Gasteiger partial charge in [0, 0.05) is 34.9 Å². The molecule has 1 aromatic heterocycles. The van der Waals surface area contributed by atoms with E-state index in [1.807, 2.05) is 31.6 Å². The van der Waals surface area contributed by atoms with E-state index in [9.17, 15) is 0 Å². The molecule has 0 saturated heterocycles. The van der Waals surface area contributed by atoms with Crippen LogP contribution < -0.4 is 0 Å². The Morgan fingerprint density at radius 1 is 0.842 bits per heavy atom. The van der Waals surface area contributed by atoms with Crippen molar-refractivity contribution in [2.24, 2.45) is 4.99 Å². The molecule has 0 aliphatic heterocycles. The fourth-order valence-corrected chi connectivity index (χ4v) is 5.28. The van der Waals surface area contributed by atoms with Crippen LogP contribution in [0, 0.1) is 0 Å². The zero-order chi connectivity index (χ0) is 26.3. The molecule has 4 aromatic rings. The first-order chi connectivity index (χ1) is 18.6. The molecule has 38 heavy (non-hydrogen) atoms. The first-order valence-electron chi connectivity index (χ1n) is 12.8. The van der Waals surface area contributed by atoms with Crippen molar-refractivity contribution in [2.45, 2.75) is 19.8 Å². The highest BCUT2D eigenvalue weighted by molar-refractivity contribution is 9.11. The third-order valence-electron chi connectivity index (χ3n) is 6.72. The first-order valence-corrected chi connectivity index (χ1v) is 13.6. The van der Waals surface area contributed by atoms with Gasteiger partial charge in [0.1, 0.15) is 0 Å². The van der Waals surface area contributed by atoms with Crippen LogP contribution in [0.5, 0.6) is 0 Å². The Morgan fingerprint density at radius 2 is 1.50 bits per heavy atom. The van der Waals surface area contributed by atoms with Crippen LogP contribution in [0.25, 0.3) is 44.5 Å². The fourth-order valence-electron chi connectivity index (χ4n) is 4.78. The molecule has 186 valence electrons. The second kappa shape index (κ2) is 12.0. The van der Waals surface area contributed by atoms with Gasteiger partial charge < -0.3 is 0 Å². The number of allylic oxidation sites excluding steroid dienone is 6. The van der Waals surface area contributed by atoms with E-state index in [0.29, 0.717) is 0 Å². The minimum atomic E-state index is 1.02. The molecule has 0 bridgehead atoms. The molecule has 0 amide bonds. The Morgan fingerprint density at radius 3 is 2.18 bits per heavy atom. The molecule has 2 nitrogen and oxygen atoms in total. The van der Waals surface area contributed by atoms with Gasteiger partial charge in [0.25, 0.3) is 0 Å². The molecular formula is C35H29BrN2. The van der Waals surface area contributed by atoms with Crippen molar-refractivity contribution in [3.05, 3.63) is 138 Å². The highest BCUT2D eigenvalue weighted by Crippen LogP contribution is 2.36. The molecule has 0 fully saturated rings. The average Bonchev–Trinajstić information content (AvgIpc) is 2.98. The lowest BCUT2D eigenvalue weighted by atomic mass is 9.89. The zero-order valence-corrected chi connectivity index (χ0v) is 23.0. The number of halogens is 1. The number of nitrogens with zero attached hydrogens (tertiary/aromatic N) is 2. The van der Waals surface area contributed by atoms with Crippen LogP contribution in [-0.4, -0.2) is 11.2 Å². The standard InChI is InChI=1S/C35H29BrN2/c1-3-25(23-37-4-2)26-9-5-11-28(17-26)32-19-33(21-34(20-32)30-13-7-15-35(36)22-30)29-12-6-10-27(18-29)31-14-8-16-38-24-31/h3-6,8-12,14-24H,2,7,13H2,1H3/b25-3+,37-23?. The van der Waals surface area contributed by atoms with Crippen molar-refractivity contribution >= 4 is 33.3 Å².